The van der Waals surface area contributed by atoms with E-state index in [1.54, 1.807) is 18.3 Å². The SMILES string of the molecule is N#Cc1ccc(C=Nc2cccc(Br)c2)cc1. The van der Waals surface area contributed by atoms with Crippen LogP contribution in [0, 0.1) is 11.3 Å². The van der Waals surface area contributed by atoms with E-state index in [0.717, 1.165) is 15.7 Å². The third-order valence-electron chi connectivity index (χ3n) is 2.21. The highest BCUT2D eigenvalue weighted by Gasteiger charge is 1.92. The molecule has 82 valence electrons. The molecular weight excluding hydrogens is 276 g/mol. The van der Waals surface area contributed by atoms with Crippen LogP contribution in [-0.4, -0.2) is 6.21 Å². The second-order valence-electron chi connectivity index (χ2n) is 3.47. The molecule has 0 heterocycles. The molecule has 17 heavy (non-hydrogen) atoms. The molecule has 2 rings (SSSR count). The van der Waals surface area contributed by atoms with Crippen molar-refractivity contribution < 1.29 is 0 Å². The summed E-state index contributed by atoms with van der Waals surface area (Å²) in [6, 6.07) is 17.2. The van der Waals surface area contributed by atoms with Crippen molar-refractivity contribution in [1.82, 2.24) is 0 Å². The number of rotatable bonds is 2. The van der Waals surface area contributed by atoms with Crippen molar-refractivity contribution in [3.05, 3.63) is 64.1 Å². The van der Waals surface area contributed by atoms with Gasteiger partial charge in [-0.3, -0.25) is 4.99 Å². The number of aliphatic imine (C=N–C) groups is 1. The van der Waals surface area contributed by atoms with Crippen molar-refractivity contribution in [2.45, 2.75) is 0 Å². The van der Waals surface area contributed by atoms with Crippen LogP contribution in [0.25, 0.3) is 0 Å². The third-order valence-corrected chi connectivity index (χ3v) is 2.70. The minimum Gasteiger partial charge on any atom is -0.256 e. The van der Waals surface area contributed by atoms with Gasteiger partial charge in [0.1, 0.15) is 0 Å². The lowest BCUT2D eigenvalue weighted by Gasteiger charge is -1.95. The van der Waals surface area contributed by atoms with Gasteiger partial charge in [-0.1, -0.05) is 34.1 Å². The summed E-state index contributed by atoms with van der Waals surface area (Å²) in [5.41, 5.74) is 2.53. The number of nitriles is 1. The predicted molar refractivity (Wildman–Crippen MR) is 72.6 cm³/mol. The van der Waals surface area contributed by atoms with Gasteiger partial charge in [0.05, 0.1) is 17.3 Å². The first-order chi connectivity index (χ1) is 8.28. The Kier molecular flexibility index (Phi) is 3.69. The smallest absolute Gasteiger partial charge is 0.0991 e. The second kappa shape index (κ2) is 5.42. The maximum atomic E-state index is 8.68. The van der Waals surface area contributed by atoms with Gasteiger partial charge in [0, 0.05) is 10.7 Å². The highest BCUT2D eigenvalue weighted by molar-refractivity contribution is 9.10. The summed E-state index contributed by atoms with van der Waals surface area (Å²) < 4.78 is 1.01. The van der Waals surface area contributed by atoms with Crippen LogP contribution in [0.4, 0.5) is 5.69 Å². The van der Waals surface area contributed by atoms with Crippen molar-refractivity contribution >= 4 is 27.8 Å². The minimum atomic E-state index is 0.657. The number of halogens is 1. The molecule has 0 saturated carbocycles. The van der Waals surface area contributed by atoms with Gasteiger partial charge in [-0.25, -0.2) is 0 Å². The first-order valence-electron chi connectivity index (χ1n) is 5.08. The van der Waals surface area contributed by atoms with E-state index in [1.165, 1.54) is 0 Å². The zero-order chi connectivity index (χ0) is 12.1. The van der Waals surface area contributed by atoms with Crippen LogP contribution in [0.3, 0.4) is 0 Å². The molecule has 0 radical (unpaired) electrons. The average Bonchev–Trinajstić information content (AvgIpc) is 2.37. The molecule has 2 nitrogen and oxygen atoms in total. The summed E-state index contributed by atoms with van der Waals surface area (Å²) in [4.78, 5) is 4.35. The molecule has 3 heteroatoms. The maximum Gasteiger partial charge on any atom is 0.0991 e. The second-order valence-corrected chi connectivity index (χ2v) is 4.39. The van der Waals surface area contributed by atoms with Crippen LogP contribution in [0.5, 0.6) is 0 Å². The molecule has 0 aliphatic rings. The number of hydrogen-bond acceptors (Lipinski definition) is 2. The number of hydrogen-bond donors (Lipinski definition) is 0. The molecule has 0 unspecified atom stereocenters. The molecule has 0 fully saturated rings. The summed E-state index contributed by atoms with van der Waals surface area (Å²) in [7, 11) is 0. The summed E-state index contributed by atoms with van der Waals surface area (Å²) >= 11 is 3.40. The fraction of sp³-hybridized carbons (Fsp3) is 0. The van der Waals surface area contributed by atoms with E-state index in [9.17, 15) is 0 Å². The summed E-state index contributed by atoms with van der Waals surface area (Å²) in [6.07, 6.45) is 1.78. The quantitative estimate of drug-likeness (QED) is 0.766. The first kappa shape index (κ1) is 11.6. The van der Waals surface area contributed by atoms with Crippen LogP contribution in [0.15, 0.2) is 58.0 Å². The standard InChI is InChI=1S/C14H9BrN2/c15-13-2-1-3-14(8-13)17-10-12-6-4-11(9-16)5-7-12/h1-8,10H. The van der Waals surface area contributed by atoms with Gasteiger partial charge < -0.3 is 0 Å². The van der Waals surface area contributed by atoms with E-state index >= 15 is 0 Å². The van der Waals surface area contributed by atoms with Gasteiger partial charge in [0.15, 0.2) is 0 Å². The van der Waals surface area contributed by atoms with Gasteiger partial charge >= 0.3 is 0 Å². The van der Waals surface area contributed by atoms with Gasteiger partial charge in [-0.2, -0.15) is 5.26 Å². The Morgan fingerprint density at radius 1 is 1.12 bits per heavy atom. The van der Waals surface area contributed by atoms with Crippen LogP contribution >= 0.6 is 15.9 Å². The largest absolute Gasteiger partial charge is 0.256 e. The Bertz CT molecular complexity index is 580. The Morgan fingerprint density at radius 3 is 2.53 bits per heavy atom. The molecule has 0 saturated heterocycles. The lowest BCUT2D eigenvalue weighted by atomic mass is 10.2. The first-order valence-corrected chi connectivity index (χ1v) is 5.87. The summed E-state index contributed by atoms with van der Waals surface area (Å²) in [5, 5.41) is 8.68. The van der Waals surface area contributed by atoms with Crippen molar-refractivity contribution in [2.75, 3.05) is 0 Å². The van der Waals surface area contributed by atoms with Crippen molar-refractivity contribution in [1.29, 1.82) is 5.26 Å². The van der Waals surface area contributed by atoms with Crippen LogP contribution in [0.2, 0.25) is 0 Å². The fourth-order valence-corrected chi connectivity index (χ4v) is 1.74. The van der Waals surface area contributed by atoms with E-state index in [4.69, 9.17) is 5.26 Å². The number of nitrogens with zero attached hydrogens (tertiary/aromatic N) is 2. The molecule has 0 bridgehead atoms. The van der Waals surface area contributed by atoms with Gasteiger partial charge in [-0.15, -0.1) is 0 Å². The Labute approximate surface area is 108 Å². The molecule has 2 aromatic carbocycles. The van der Waals surface area contributed by atoms with Gasteiger partial charge in [0.2, 0.25) is 0 Å². The molecule has 2 aromatic rings. The predicted octanol–water partition coefficient (Wildman–Crippen LogP) is 4.07. The molecule has 0 N–H and O–H groups in total. The van der Waals surface area contributed by atoms with Gasteiger partial charge in [0.25, 0.3) is 0 Å². The zero-order valence-electron chi connectivity index (χ0n) is 8.97. The van der Waals surface area contributed by atoms with E-state index < -0.39 is 0 Å². The number of benzene rings is 2. The van der Waals surface area contributed by atoms with Crippen LogP contribution < -0.4 is 0 Å². The highest BCUT2D eigenvalue weighted by Crippen LogP contribution is 2.18. The maximum absolute atomic E-state index is 8.68. The highest BCUT2D eigenvalue weighted by atomic mass is 79.9. The molecule has 0 amide bonds. The average molecular weight is 285 g/mol. The molecule has 0 atom stereocenters. The minimum absolute atomic E-state index is 0.657. The fourth-order valence-electron chi connectivity index (χ4n) is 1.35. The molecule has 0 aliphatic heterocycles. The lowest BCUT2D eigenvalue weighted by Crippen LogP contribution is -1.81. The Balaban J connectivity index is 2.17. The van der Waals surface area contributed by atoms with Gasteiger partial charge in [-0.05, 0) is 35.9 Å². The molecular formula is C14H9BrN2. The molecule has 0 aromatic heterocycles. The van der Waals surface area contributed by atoms with Crippen LogP contribution in [0.1, 0.15) is 11.1 Å². The zero-order valence-corrected chi connectivity index (χ0v) is 10.6. The van der Waals surface area contributed by atoms with E-state index in [1.807, 2.05) is 36.4 Å². The van der Waals surface area contributed by atoms with E-state index in [0.29, 0.717) is 5.56 Å². The van der Waals surface area contributed by atoms with Crippen molar-refractivity contribution in [3.63, 3.8) is 0 Å². The Morgan fingerprint density at radius 2 is 1.88 bits per heavy atom. The summed E-state index contributed by atoms with van der Waals surface area (Å²) in [6.45, 7) is 0. The monoisotopic (exact) mass is 284 g/mol. The molecule has 0 spiro atoms. The van der Waals surface area contributed by atoms with Crippen molar-refractivity contribution in [3.8, 4) is 6.07 Å². The lowest BCUT2D eigenvalue weighted by molar-refractivity contribution is 1.47. The Hall–Kier alpha value is -1.92. The van der Waals surface area contributed by atoms with Crippen LogP contribution in [-0.2, 0) is 0 Å². The molecule has 0 aliphatic carbocycles. The van der Waals surface area contributed by atoms with E-state index in [2.05, 4.69) is 27.0 Å². The van der Waals surface area contributed by atoms with Crippen molar-refractivity contribution in [2.24, 2.45) is 4.99 Å². The topological polar surface area (TPSA) is 36.1 Å². The normalized spacial score (nSPS) is 10.4. The third kappa shape index (κ3) is 3.27. The van der Waals surface area contributed by atoms with E-state index in [-0.39, 0.29) is 0 Å². The summed E-state index contributed by atoms with van der Waals surface area (Å²) in [5.74, 6) is 0.